The molecule has 1 heterocycles. The van der Waals surface area contributed by atoms with Crippen LogP contribution < -0.4 is 5.32 Å². The van der Waals surface area contributed by atoms with Crippen molar-refractivity contribution < 1.29 is 14.7 Å². The fourth-order valence-corrected chi connectivity index (χ4v) is 2.65. The van der Waals surface area contributed by atoms with Gasteiger partial charge in [0.05, 0.1) is 11.8 Å². The molecule has 0 radical (unpaired) electrons. The fourth-order valence-electron chi connectivity index (χ4n) is 2.65. The van der Waals surface area contributed by atoms with E-state index in [0.717, 1.165) is 16.7 Å². The summed E-state index contributed by atoms with van der Waals surface area (Å²) in [6.07, 6.45) is 4.32. The van der Waals surface area contributed by atoms with E-state index < -0.39 is 17.8 Å². The summed E-state index contributed by atoms with van der Waals surface area (Å²) in [4.78, 5) is 27.7. The maximum absolute atomic E-state index is 12.3. The van der Waals surface area contributed by atoms with Crippen molar-refractivity contribution in [2.75, 3.05) is 0 Å². The number of allylic oxidation sites excluding steroid dienone is 2. The molecule has 1 amide bonds. The highest BCUT2D eigenvalue weighted by Gasteiger charge is 2.37. The van der Waals surface area contributed by atoms with E-state index in [1.165, 1.54) is 0 Å². The SMILES string of the molecule is CC1=C(C)C[C@@H](C(=O)NCc2cccnc2)[C@H](C(=O)O)C1. The van der Waals surface area contributed by atoms with E-state index in [9.17, 15) is 14.7 Å². The second kappa shape index (κ2) is 6.52. The number of hydrogen-bond donors (Lipinski definition) is 2. The van der Waals surface area contributed by atoms with E-state index in [1.807, 2.05) is 19.9 Å². The molecule has 2 rings (SSSR count). The largest absolute Gasteiger partial charge is 0.481 e. The summed E-state index contributed by atoms with van der Waals surface area (Å²) in [6, 6.07) is 3.68. The first-order chi connectivity index (χ1) is 9.99. The van der Waals surface area contributed by atoms with E-state index in [4.69, 9.17) is 0 Å². The highest BCUT2D eigenvalue weighted by Crippen LogP contribution is 2.34. The Kier molecular flexibility index (Phi) is 4.73. The molecule has 0 saturated heterocycles. The molecule has 1 aromatic heterocycles. The number of carbonyl (C=O) groups excluding carboxylic acids is 1. The predicted molar refractivity (Wildman–Crippen MR) is 78.3 cm³/mol. The minimum absolute atomic E-state index is 0.196. The van der Waals surface area contributed by atoms with Crippen molar-refractivity contribution in [1.82, 2.24) is 10.3 Å². The summed E-state index contributed by atoms with van der Waals surface area (Å²) < 4.78 is 0. The molecular formula is C16H20N2O3. The maximum Gasteiger partial charge on any atom is 0.307 e. The smallest absolute Gasteiger partial charge is 0.307 e. The van der Waals surface area contributed by atoms with Crippen molar-refractivity contribution in [3.05, 3.63) is 41.2 Å². The molecular weight excluding hydrogens is 268 g/mol. The van der Waals surface area contributed by atoms with Crippen LogP contribution in [0.25, 0.3) is 0 Å². The molecule has 0 aliphatic heterocycles. The number of amides is 1. The van der Waals surface area contributed by atoms with Crippen LogP contribution in [-0.2, 0) is 16.1 Å². The second-order valence-electron chi connectivity index (χ2n) is 5.60. The van der Waals surface area contributed by atoms with Crippen LogP contribution in [0.3, 0.4) is 0 Å². The lowest BCUT2D eigenvalue weighted by Gasteiger charge is -2.29. The Morgan fingerprint density at radius 2 is 1.95 bits per heavy atom. The number of carboxylic acids is 1. The van der Waals surface area contributed by atoms with Gasteiger partial charge in [-0.05, 0) is 38.3 Å². The molecule has 5 nitrogen and oxygen atoms in total. The average molecular weight is 288 g/mol. The molecule has 0 aromatic carbocycles. The first-order valence-corrected chi connectivity index (χ1v) is 7.03. The number of rotatable bonds is 4. The lowest BCUT2D eigenvalue weighted by atomic mass is 9.76. The van der Waals surface area contributed by atoms with Gasteiger partial charge in [0.1, 0.15) is 0 Å². The molecule has 0 spiro atoms. The summed E-state index contributed by atoms with van der Waals surface area (Å²) in [5.74, 6) is -2.23. The monoisotopic (exact) mass is 288 g/mol. The van der Waals surface area contributed by atoms with E-state index >= 15 is 0 Å². The summed E-state index contributed by atoms with van der Waals surface area (Å²) in [5, 5.41) is 12.2. The van der Waals surface area contributed by atoms with E-state index in [0.29, 0.717) is 19.4 Å². The zero-order valence-corrected chi connectivity index (χ0v) is 12.3. The number of hydrogen-bond acceptors (Lipinski definition) is 3. The molecule has 21 heavy (non-hydrogen) atoms. The van der Waals surface area contributed by atoms with Gasteiger partial charge in [0.15, 0.2) is 0 Å². The Morgan fingerprint density at radius 1 is 1.29 bits per heavy atom. The molecule has 1 aliphatic rings. The predicted octanol–water partition coefficient (Wildman–Crippen LogP) is 2.15. The Labute approximate surface area is 124 Å². The fraction of sp³-hybridized carbons (Fsp3) is 0.438. The third-order valence-corrected chi connectivity index (χ3v) is 4.11. The molecule has 0 bridgehead atoms. The number of aromatic nitrogens is 1. The van der Waals surface area contributed by atoms with Crippen molar-refractivity contribution in [2.45, 2.75) is 33.2 Å². The molecule has 0 saturated carbocycles. The molecule has 1 aliphatic carbocycles. The van der Waals surface area contributed by atoms with Crippen LogP contribution in [0.4, 0.5) is 0 Å². The summed E-state index contributed by atoms with van der Waals surface area (Å²) in [7, 11) is 0. The van der Waals surface area contributed by atoms with Gasteiger partial charge in [-0.3, -0.25) is 14.6 Å². The standard InChI is InChI=1S/C16H20N2O3/c1-10-6-13(14(16(20)21)7-11(10)2)15(19)18-9-12-4-3-5-17-8-12/h3-5,8,13-14H,6-7,9H2,1-2H3,(H,18,19)(H,20,21)/t13-,14-/m1/s1. The van der Waals surface area contributed by atoms with Crippen LogP contribution >= 0.6 is 0 Å². The average Bonchev–Trinajstić information content (AvgIpc) is 2.48. The first-order valence-electron chi connectivity index (χ1n) is 7.03. The maximum atomic E-state index is 12.3. The summed E-state index contributed by atoms with van der Waals surface area (Å²) in [6.45, 7) is 4.28. The number of carbonyl (C=O) groups is 2. The molecule has 5 heteroatoms. The highest BCUT2D eigenvalue weighted by molar-refractivity contribution is 5.85. The van der Waals surface area contributed by atoms with Crippen molar-refractivity contribution in [3.8, 4) is 0 Å². The number of pyridine rings is 1. The quantitative estimate of drug-likeness (QED) is 0.832. The van der Waals surface area contributed by atoms with Gasteiger partial charge in [0, 0.05) is 18.9 Å². The number of nitrogens with zero attached hydrogens (tertiary/aromatic N) is 1. The lowest BCUT2D eigenvalue weighted by molar-refractivity contribution is -0.147. The normalized spacial score (nSPS) is 22.0. The molecule has 1 aromatic rings. The minimum atomic E-state index is -0.900. The molecule has 0 fully saturated rings. The van der Waals surface area contributed by atoms with E-state index in [2.05, 4.69) is 10.3 Å². The van der Waals surface area contributed by atoms with Crippen LogP contribution in [0.2, 0.25) is 0 Å². The summed E-state index contributed by atoms with van der Waals surface area (Å²) in [5.41, 5.74) is 3.10. The van der Waals surface area contributed by atoms with Gasteiger partial charge in [-0.1, -0.05) is 17.2 Å². The van der Waals surface area contributed by atoms with Crippen LogP contribution in [0.5, 0.6) is 0 Å². The summed E-state index contributed by atoms with van der Waals surface area (Å²) >= 11 is 0. The van der Waals surface area contributed by atoms with Crippen molar-refractivity contribution >= 4 is 11.9 Å². The molecule has 112 valence electrons. The van der Waals surface area contributed by atoms with Crippen molar-refractivity contribution in [2.24, 2.45) is 11.8 Å². The third-order valence-electron chi connectivity index (χ3n) is 4.11. The van der Waals surface area contributed by atoms with E-state index in [1.54, 1.807) is 18.5 Å². The van der Waals surface area contributed by atoms with Gasteiger partial charge in [-0.15, -0.1) is 0 Å². The number of nitrogens with one attached hydrogen (secondary N) is 1. The lowest BCUT2D eigenvalue weighted by Crippen LogP contribution is -2.39. The van der Waals surface area contributed by atoms with E-state index in [-0.39, 0.29) is 5.91 Å². The van der Waals surface area contributed by atoms with Crippen LogP contribution in [0.15, 0.2) is 35.7 Å². The zero-order chi connectivity index (χ0) is 15.4. The number of aliphatic carboxylic acids is 1. The highest BCUT2D eigenvalue weighted by atomic mass is 16.4. The Balaban J connectivity index is 2.04. The van der Waals surface area contributed by atoms with Gasteiger partial charge in [0.2, 0.25) is 5.91 Å². The van der Waals surface area contributed by atoms with Gasteiger partial charge in [-0.25, -0.2) is 0 Å². The molecule has 2 atom stereocenters. The zero-order valence-electron chi connectivity index (χ0n) is 12.3. The van der Waals surface area contributed by atoms with Crippen LogP contribution in [0, 0.1) is 11.8 Å². The Bertz CT molecular complexity index is 566. The topological polar surface area (TPSA) is 79.3 Å². The third kappa shape index (κ3) is 3.68. The Hall–Kier alpha value is -2.17. The number of carboxylic acid groups (broad SMARTS) is 1. The molecule has 2 N–H and O–H groups in total. The minimum Gasteiger partial charge on any atom is -0.481 e. The second-order valence-corrected chi connectivity index (χ2v) is 5.60. The van der Waals surface area contributed by atoms with Crippen LogP contribution in [-0.4, -0.2) is 22.0 Å². The van der Waals surface area contributed by atoms with Crippen molar-refractivity contribution in [3.63, 3.8) is 0 Å². The van der Waals surface area contributed by atoms with Gasteiger partial charge < -0.3 is 10.4 Å². The first kappa shape index (κ1) is 15.2. The van der Waals surface area contributed by atoms with Gasteiger partial charge in [0.25, 0.3) is 0 Å². The molecule has 0 unspecified atom stereocenters. The van der Waals surface area contributed by atoms with Gasteiger partial charge >= 0.3 is 5.97 Å². The Morgan fingerprint density at radius 3 is 2.52 bits per heavy atom. The van der Waals surface area contributed by atoms with Crippen molar-refractivity contribution in [1.29, 1.82) is 0 Å². The van der Waals surface area contributed by atoms with Crippen LogP contribution in [0.1, 0.15) is 32.3 Å². The van der Waals surface area contributed by atoms with Gasteiger partial charge in [-0.2, -0.15) is 0 Å².